The minimum absolute atomic E-state index is 0.162. The number of hydrogen-bond acceptors (Lipinski definition) is 5. The molecule has 3 rings (SSSR count). The van der Waals surface area contributed by atoms with Gasteiger partial charge in [-0.2, -0.15) is 0 Å². The van der Waals surface area contributed by atoms with Crippen molar-refractivity contribution in [1.29, 1.82) is 0 Å². The van der Waals surface area contributed by atoms with Crippen LogP contribution in [0.5, 0.6) is 5.88 Å². The van der Waals surface area contributed by atoms with E-state index in [4.69, 9.17) is 4.74 Å². The summed E-state index contributed by atoms with van der Waals surface area (Å²) in [4.78, 5) is 20.6. The zero-order chi connectivity index (χ0) is 16.9. The van der Waals surface area contributed by atoms with Crippen molar-refractivity contribution in [3.63, 3.8) is 0 Å². The van der Waals surface area contributed by atoms with E-state index in [1.807, 2.05) is 36.6 Å². The number of aryl methyl sites for hydroxylation is 1. The molecule has 2 aromatic heterocycles. The summed E-state index contributed by atoms with van der Waals surface area (Å²) < 4.78 is 4.98. The Balaban J connectivity index is 1.60. The predicted octanol–water partition coefficient (Wildman–Crippen LogP) is 3.45. The summed E-state index contributed by atoms with van der Waals surface area (Å²) in [5, 5.41) is 5.92. The van der Waals surface area contributed by atoms with Crippen LogP contribution in [0.4, 0.5) is 0 Å². The van der Waals surface area contributed by atoms with Crippen LogP contribution in [0.1, 0.15) is 21.6 Å². The third kappa shape index (κ3) is 3.78. The van der Waals surface area contributed by atoms with E-state index in [-0.39, 0.29) is 5.91 Å². The fraction of sp³-hybridized carbons (Fsp3) is 0.167. The van der Waals surface area contributed by atoms with Gasteiger partial charge in [-0.1, -0.05) is 24.3 Å². The molecule has 0 fully saturated rings. The number of rotatable bonds is 5. The Morgan fingerprint density at radius 1 is 1.21 bits per heavy atom. The second-order valence-corrected chi connectivity index (χ2v) is 6.12. The zero-order valence-electron chi connectivity index (χ0n) is 13.4. The minimum Gasteiger partial charge on any atom is -0.481 e. The van der Waals surface area contributed by atoms with E-state index in [0.717, 1.165) is 21.8 Å². The monoisotopic (exact) mass is 339 g/mol. The average Bonchev–Trinajstić information content (AvgIpc) is 3.06. The Kier molecular flexibility index (Phi) is 4.86. The number of thiazole rings is 1. The molecule has 0 aliphatic rings. The number of carbonyl (C=O) groups is 1. The highest BCUT2D eigenvalue weighted by atomic mass is 32.1. The lowest BCUT2D eigenvalue weighted by atomic mass is 10.1. The predicted molar refractivity (Wildman–Crippen MR) is 94.2 cm³/mol. The second kappa shape index (κ2) is 7.23. The van der Waals surface area contributed by atoms with Crippen molar-refractivity contribution in [2.24, 2.45) is 0 Å². The molecular weight excluding hydrogens is 322 g/mol. The summed E-state index contributed by atoms with van der Waals surface area (Å²) in [7, 11) is 1.54. The number of carbonyl (C=O) groups excluding carboxylic acids is 1. The Morgan fingerprint density at radius 3 is 2.58 bits per heavy atom. The normalized spacial score (nSPS) is 10.4. The first kappa shape index (κ1) is 16.1. The zero-order valence-corrected chi connectivity index (χ0v) is 14.3. The summed E-state index contributed by atoms with van der Waals surface area (Å²) in [5.74, 6) is 0.323. The van der Waals surface area contributed by atoms with E-state index in [0.29, 0.717) is 18.0 Å². The summed E-state index contributed by atoms with van der Waals surface area (Å²) in [6, 6.07) is 11.4. The molecule has 1 amide bonds. The van der Waals surface area contributed by atoms with Crippen molar-refractivity contribution in [2.45, 2.75) is 13.5 Å². The maximum atomic E-state index is 12.1. The van der Waals surface area contributed by atoms with E-state index in [9.17, 15) is 4.79 Å². The lowest BCUT2D eigenvalue weighted by Crippen LogP contribution is -2.22. The third-order valence-corrected chi connectivity index (χ3v) is 4.49. The number of benzene rings is 1. The molecule has 0 radical (unpaired) electrons. The van der Waals surface area contributed by atoms with Crippen molar-refractivity contribution < 1.29 is 9.53 Å². The lowest BCUT2D eigenvalue weighted by molar-refractivity contribution is 0.0950. The highest BCUT2D eigenvalue weighted by Gasteiger charge is 2.07. The van der Waals surface area contributed by atoms with Gasteiger partial charge >= 0.3 is 0 Å². The van der Waals surface area contributed by atoms with Gasteiger partial charge in [0.25, 0.3) is 5.91 Å². The Bertz CT molecular complexity index is 826. The first-order valence-corrected chi connectivity index (χ1v) is 8.33. The van der Waals surface area contributed by atoms with Crippen molar-refractivity contribution in [1.82, 2.24) is 15.3 Å². The lowest BCUT2D eigenvalue weighted by Gasteiger charge is -2.06. The summed E-state index contributed by atoms with van der Waals surface area (Å²) in [6.45, 7) is 2.44. The van der Waals surface area contributed by atoms with Crippen molar-refractivity contribution in [2.75, 3.05) is 7.11 Å². The van der Waals surface area contributed by atoms with Crippen molar-refractivity contribution in [3.05, 3.63) is 64.8 Å². The first-order valence-electron chi connectivity index (χ1n) is 7.45. The highest BCUT2D eigenvalue weighted by molar-refractivity contribution is 7.13. The molecule has 0 bridgehead atoms. The van der Waals surface area contributed by atoms with Crippen LogP contribution in [-0.4, -0.2) is 23.0 Å². The van der Waals surface area contributed by atoms with Gasteiger partial charge in [0.1, 0.15) is 5.01 Å². The number of aromatic nitrogens is 2. The van der Waals surface area contributed by atoms with Crippen LogP contribution in [0.2, 0.25) is 0 Å². The van der Waals surface area contributed by atoms with E-state index >= 15 is 0 Å². The molecule has 0 unspecified atom stereocenters. The Labute approximate surface area is 144 Å². The van der Waals surface area contributed by atoms with Crippen molar-refractivity contribution >= 4 is 17.2 Å². The van der Waals surface area contributed by atoms with Crippen molar-refractivity contribution in [3.8, 4) is 16.5 Å². The highest BCUT2D eigenvalue weighted by Crippen LogP contribution is 2.23. The van der Waals surface area contributed by atoms with E-state index in [1.54, 1.807) is 30.6 Å². The molecule has 3 aromatic rings. The van der Waals surface area contributed by atoms with Gasteiger partial charge in [0.2, 0.25) is 5.88 Å². The van der Waals surface area contributed by atoms with Gasteiger partial charge in [0.05, 0.1) is 12.7 Å². The van der Waals surface area contributed by atoms with Crippen LogP contribution in [0.3, 0.4) is 0 Å². The quantitative estimate of drug-likeness (QED) is 0.773. The van der Waals surface area contributed by atoms with Crippen LogP contribution in [0, 0.1) is 6.92 Å². The van der Waals surface area contributed by atoms with E-state index in [1.165, 1.54) is 6.20 Å². The first-order chi connectivity index (χ1) is 11.7. The summed E-state index contributed by atoms with van der Waals surface area (Å²) in [5.41, 5.74) is 3.65. The molecule has 0 saturated heterocycles. The molecule has 0 aliphatic heterocycles. The fourth-order valence-corrected chi connectivity index (χ4v) is 2.98. The van der Waals surface area contributed by atoms with Crippen LogP contribution < -0.4 is 10.1 Å². The third-order valence-electron chi connectivity index (χ3n) is 3.48. The van der Waals surface area contributed by atoms with Gasteiger partial charge < -0.3 is 10.1 Å². The Morgan fingerprint density at radius 2 is 2.00 bits per heavy atom. The second-order valence-electron chi connectivity index (χ2n) is 5.26. The molecule has 24 heavy (non-hydrogen) atoms. The standard InChI is InChI=1S/C18H17N3O2S/c1-12-11-24-18(21-12)14-5-3-13(4-6-14)9-20-17(22)15-7-8-16(23-2)19-10-15/h3-8,10-11H,9H2,1-2H3,(H,20,22). The number of ether oxygens (including phenoxy) is 1. The van der Waals surface area contributed by atoms with Gasteiger partial charge in [-0.15, -0.1) is 11.3 Å². The molecule has 2 heterocycles. The topological polar surface area (TPSA) is 64.1 Å². The van der Waals surface area contributed by atoms with Crippen LogP contribution in [0.25, 0.3) is 10.6 Å². The molecule has 5 nitrogen and oxygen atoms in total. The molecule has 1 N–H and O–H groups in total. The van der Waals surface area contributed by atoms with Gasteiger partial charge in [-0.05, 0) is 18.6 Å². The largest absolute Gasteiger partial charge is 0.481 e. The van der Waals surface area contributed by atoms with Gasteiger partial charge in [-0.25, -0.2) is 9.97 Å². The van der Waals surface area contributed by atoms with E-state index < -0.39 is 0 Å². The van der Waals surface area contributed by atoms with Gasteiger partial charge in [0.15, 0.2) is 0 Å². The minimum atomic E-state index is -0.162. The average molecular weight is 339 g/mol. The summed E-state index contributed by atoms with van der Waals surface area (Å²) in [6.07, 6.45) is 1.50. The Hall–Kier alpha value is -2.73. The number of hydrogen-bond donors (Lipinski definition) is 1. The molecule has 0 spiro atoms. The van der Waals surface area contributed by atoms with Crippen LogP contribution in [-0.2, 0) is 6.54 Å². The maximum Gasteiger partial charge on any atom is 0.253 e. The van der Waals surface area contributed by atoms with Gasteiger partial charge in [-0.3, -0.25) is 4.79 Å². The fourth-order valence-electron chi connectivity index (χ4n) is 2.17. The number of nitrogens with one attached hydrogen (secondary N) is 1. The molecule has 122 valence electrons. The number of pyridine rings is 1. The van der Waals surface area contributed by atoms with Crippen LogP contribution in [0.15, 0.2) is 48.0 Å². The molecule has 0 aliphatic carbocycles. The van der Waals surface area contributed by atoms with Gasteiger partial charge in [0, 0.05) is 35.4 Å². The summed E-state index contributed by atoms with van der Waals surface area (Å²) >= 11 is 1.63. The molecule has 6 heteroatoms. The number of amides is 1. The number of nitrogens with zero attached hydrogens (tertiary/aromatic N) is 2. The molecular formula is C18H17N3O2S. The maximum absolute atomic E-state index is 12.1. The smallest absolute Gasteiger partial charge is 0.253 e. The van der Waals surface area contributed by atoms with Crippen LogP contribution >= 0.6 is 11.3 Å². The van der Waals surface area contributed by atoms with E-state index in [2.05, 4.69) is 15.3 Å². The SMILES string of the molecule is COc1ccc(C(=O)NCc2ccc(-c3nc(C)cs3)cc2)cn1. The molecule has 1 aromatic carbocycles. The number of methoxy groups -OCH3 is 1. The molecule has 0 atom stereocenters. The molecule has 0 saturated carbocycles.